The lowest BCUT2D eigenvalue weighted by molar-refractivity contribution is 1.27. The predicted octanol–water partition coefficient (Wildman–Crippen LogP) is 13.7. The summed E-state index contributed by atoms with van der Waals surface area (Å²) in [4.78, 5) is 4.63. The van der Waals surface area contributed by atoms with Crippen LogP contribution in [0.1, 0.15) is 33.4 Å². The van der Waals surface area contributed by atoms with Gasteiger partial charge in [0, 0.05) is 34.1 Å². The Morgan fingerprint density at radius 1 is 0.300 bits per heavy atom. The second kappa shape index (κ2) is 14.6. The van der Waals surface area contributed by atoms with E-state index in [0.717, 1.165) is 39.7 Å². The van der Waals surface area contributed by atoms with E-state index in [9.17, 15) is 0 Å². The highest BCUT2D eigenvalue weighted by Crippen LogP contribution is 2.37. The normalized spacial score (nSPS) is 11.4. The molecule has 0 amide bonds. The highest BCUT2D eigenvalue weighted by atomic mass is 15.1. The van der Waals surface area contributed by atoms with Crippen LogP contribution in [0.5, 0.6) is 0 Å². The minimum Gasteiger partial charge on any atom is -0.311 e. The van der Waals surface area contributed by atoms with Crippen LogP contribution in [0.25, 0.3) is 22.9 Å². The van der Waals surface area contributed by atoms with Gasteiger partial charge in [0.25, 0.3) is 0 Å². The number of allylic oxidation sites excluding steroid dienone is 2. The van der Waals surface area contributed by atoms with Crippen molar-refractivity contribution in [3.63, 3.8) is 0 Å². The van der Waals surface area contributed by atoms with Gasteiger partial charge in [-0.1, -0.05) is 125 Å². The van der Waals surface area contributed by atoms with Crippen molar-refractivity contribution in [3.05, 3.63) is 203 Å². The average Bonchev–Trinajstić information content (AvgIpc) is 3.14. The van der Waals surface area contributed by atoms with Gasteiger partial charge in [-0.15, -0.1) is 0 Å². The van der Waals surface area contributed by atoms with E-state index in [-0.39, 0.29) is 0 Å². The van der Waals surface area contributed by atoms with E-state index in [1.165, 1.54) is 38.6 Å². The van der Waals surface area contributed by atoms with Gasteiger partial charge in [-0.2, -0.15) is 0 Å². The molecule has 0 bridgehead atoms. The molecule has 7 rings (SSSR count). The Bertz CT molecular complexity index is 2170. The van der Waals surface area contributed by atoms with Crippen molar-refractivity contribution in [3.8, 4) is 0 Å². The Kier molecular flexibility index (Phi) is 9.44. The molecule has 7 aromatic rings. The number of hydrogen-bond donors (Lipinski definition) is 0. The lowest BCUT2D eigenvalue weighted by Gasteiger charge is -2.26. The molecular weight excluding hydrogens is 605 g/mol. The fourth-order valence-corrected chi connectivity index (χ4v) is 6.23. The number of hydrogen-bond acceptors (Lipinski definition) is 2. The summed E-state index contributed by atoms with van der Waals surface area (Å²) in [7, 11) is 0. The van der Waals surface area contributed by atoms with Crippen molar-refractivity contribution >= 4 is 57.0 Å². The number of fused-ring (bicyclic) bond motifs is 1. The van der Waals surface area contributed by atoms with Crippen molar-refractivity contribution in [1.29, 1.82) is 0 Å². The van der Waals surface area contributed by atoms with Gasteiger partial charge in [0.15, 0.2) is 0 Å². The molecule has 2 heteroatoms. The third-order valence-electron chi connectivity index (χ3n) is 9.11. The molecule has 0 unspecified atom stereocenters. The summed E-state index contributed by atoms with van der Waals surface area (Å²) in [6.07, 6.45) is 8.55. The van der Waals surface area contributed by atoms with Gasteiger partial charge in [-0.25, -0.2) is 0 Å². The minimum absolute atomic E-state index is 1.13. The molecule has 0 saturated heterocycles. The van der Waals surface area contributed by atoms with E-state index in [2.05, 4.69) is 220 Å². The topological polar surface area (TPSA) is 6.48 Å². The highest BCUT2D eigenvalue weighted by molar-refractivity contribution is 5.90. The number of rotatable bonds is 9. The zero-order valence-electron chi connectivity index (χ0n) is 29.2. The first kappa shape index (κ1) is 32.4. The summed E-state index contributed by atoms with van der Waals surface area (Å²) in [5, 5.41) is 2.43. The second-order valence-corrected chi connectivity index (χ2v) is 13.1. The van der Waals surface area contributed by atoms with Crippen LogP contribution in [0.3, 0.4) is 0 Å². The molecule has 0 N–H and O–H groups in total. The summed E-state index contributed by atoms with van der Waals surface area (Å²) in [6.45, 7) is 8.50. The Morgan fingerprint density at radius 3 is 1.04 bits per heavy atom. The molecule has 0 heterocycles. The van der Waals surface area contributed by atoms with Gasteiger partial charge in [-0.3, -0.25) is 0 Å². The van der Waals surface area contributed by atoms with E-state index in [0.29, 0.717) is 0 Å². The van der Waals surface area contributed by atoms with E-state index >= 15 is 0 Å². The van der Waals surface area contributed by atoms with Gasteiger partial charge >= 0.3 is 0 Å². The first-order chi connectivity index (χ1) is 24.4. The maximum absolute atomic E-state index is 2.33. The number of benzene rings is 7. The lowest BCUT2D eigenvalue weighted by atomic mass is 10.0. The Balaban J connectivity index is 1.08. The number of nitrogens with zero attached hydrogens (tertiary/aromatic N) is 2. The predicted molar refractivity (Wildman–Crippen MR) is 217 cm³/mol. The van der Waals surface area contributed by atoms with Crippen molar-refractivity contribution in [1.82, 2.24) is 0 Å². The molecule has 0 saturated carbocycles. The van der Waals surface area contributed by atoms with Gasteiger partial charge in [0.1, 0.15) is 0 Å². The van der Waals surface area contributed by atoms with Crippen molar-refractivity contribution in [2.24, 2.45) is 0 Å². The molecular formula is C48H42N2. The monoisotopic (exact) mass is 646 g/mol. The third-order valence-corrected chi connectivity index (χ3v) is 9.11. The molecule has 0 aliphatic rings. The Hall–Kier alpha value is -6.12. The van der Waals surface area contributed by atoms with Crippen LogP contribution in [0.4, 0.5) is 34.1 Å². The summed E-state index contributed by atoms with van der Waals surface area (Å²) in [5.74, 6) is 0. The molecule has 0 spiro atoms. The fourth-order valence-electron chi connectivity index (χ4n) is 6.23. The summed E-state index contributed by atoms with van der Waals surface area (Å²) in [5.41, 5.74) is 14.2. The SMILES string of the molecule is Cc1ccc(N(c2ccc(C)cc2)c2ccc(C=CC=Cc3ccc4cc(N(c5ccc(C)cc5)c5ccc(C)cc5)ccc4c3)cc2)cc1. The quantitative estimate of drug-likeness (QED) is 0.144. The molecule has 0 aromatic heterocycles. The van der Waals surface area contributed by atoms with Gasteiger partial charge < -0.3 is 9.80 Å². The smallest absolute Gasteiger partial charge is 0.0468 e. The third kappa shape index (κ3) is 7.46. The van der Waals surface area contributed by atoms with Crippen LogP contribution in [0, 0.1) is 27.7 Å². The zero-order valence-corrected chi connectivity index (χ0v) is 29.2. The van der Waals surface area contributed by atoms with Crippen molar-refractivity contribution < 1.29 is 0 Å². The molecule has 0 fully saturated rings. The van der Waals surface area contributed by atoms with Gasteiger partial charge in [0.05, 0.1) is 0 Å². The standard InChI is InChI=1S/C48H42N2/c1-35-9-22-43(23-10-35)49(44-24-11-36(2)12-25-44)47-30-18-39(19-31-47)7-5-6-8-40-17-20-42-34-48(32-21-41(42)33-40)50(45-26-13-37(3)14-27-45)46-28-15-38(4)16-29-46/h5-34H,1-4H3. The number of anilines is 6. The highest BCUT2D eigenvalue weighted by Gasteiger charge is 2.14. The van der Waals surface area contributed by atoms with Crippen LogP contribution < -0.4 is 9.80 Å². The number of aryl methyl sites for hydroxylation is 4. The fraction of sp³-hybridized carbons (Fsp3) is 0.0833. The maximum atomic E-state index is 2.33. The first-order valence-electron chi connectivity index (χ1n) is 17.3. The largest absolute Gasteiger partial charge is 0.311 e. The minimum atomic E-state index is 1.13. The van der Waals surface area contributed by atoms with Crippen molar-refractivity contribution in [2.45, 2.75) is 27.7 Å². The molecule has 2 nitrogen and oxygen atoms in total. The van der Waals surface area contributed by atoms with Gasteiger partial charge in [0.2, 0.25) is 0 Å². The average molecular weight is 647 g/mol. The Morgan fingerprint density at radius 2 is 0.600 bits per heavy atom. The molecule has 0 aliphatic carbocycles. The van der Waals surface area contributed by atoms with Crippen LogP contribution in [-0.4, -0.2) is 0 Å². The van der Waals surface area contributed by atoms with Crippen LogP contribution in [0.2, 0.25) is 0 Å². The lowest BCUT2D eigenvalue weighted by Crippen LogP contribution is -2.09. The molecule has 0 radical (unpaired) electrons. The summed E-state index contributed by atoms with van der Waals surface area (Å²) >= 11 is 0. The van der Waals surface area contributed by atoms with E-state index in [1.54, 1.807) is 0 Å². The second-order valence-electron chi connectivity index (χ2n) is 13.1. The maximum Gasteiger partial charge on any atom is 0.0468 e. The molecule has 244 valence electrons. The Labute approximate surface area is 296 Å². The molecule has 0 atom stereocenters. The van der Waals surface area contributed by atoms with Gasteiger partial charge in [-0.05, 0) is 128 Å². The summed E-state index contributed by atoms with van der Waals surface area (Å²) < 4.78 is 0. The molecule has 7 aromatic carbocycles. The summed E-state index contributed by atoms with van der Waals surface area (Å²) in [6, 6.07) is 57.0. The zero-order chi connectivity index (χ0) is 34.5. The van der Waals surface area contributed by atoms with Crippen LogP contribution in [-0.2, 0) is 0 Å². The van der Waals surface area contributed by atoms with Crippen LogP contribution >= 0.6 is 0 Å². The van der Waals surface area contributed by atoms with E-state index in [1.807, 2.05) is 0 Å². The van der Waals surface area contributed by atoms with E-state index in [4.69, 9.17) is 0 Å². The van der Waals surface area contributed by atoms with E-state index < -0.39 is 0 Å². The molecule has 50 heavy (non-hydrogen) atoms. The first-order valence-corrected chi connectivity index (χ1v) is 17.3. The van der Waals surface area contributed by atoms with Crippen molar-refractivity contribution in [2.75, 3.05) is 9.80 Å². The van der Waals surface area contributed by atoms with Crippen LogP contribution in [0.15, 0.2) is 170 Å². The molecule has 0 aliphatic heterocycles.